The number of Topliss-reactive ketones (excluding diaryl/α,β-unsaturated/α-hetero) is 2. The van der Waals surface area contributed by atoms with Crippen LogP contribution in [-0.2, 0) is 19.2 Å². The molecule has 6 atom stereocenters. The molecule has 9 heteroatoms. The summed E-state index contributed by atoms with van der Waals surface area (Å²) in [5, 5.41) is 5.86. The summed E-state index contributed by atoms with van der Waals surface area (Å²) in [5.74, 6) is 0.275. The lowest BCUT2D eigenvalue weighted by molar-refractivity contribution is -0.131. The summed E-state index contributed by atoms with van der Waals surface area (Å²) < 4.78 is 0. The predicted molar refractivity (Wildman–Crippen MR) is 144 cm³/mol. The van der Waals surface area contributed by atoms with Gasteiger partial charge in [0, 0.05) is 10.8 Å². The van der Waals surface area contributed by atoms with Crippen molar-refractivity contribution in [1.29, 1.82) is 0 Å². The maximum absolute atomic E-state index is 13.7. The van der Waals surface area contributed by atoms with Crippen molar-refractivity contribution in [2.75, 3.05) is 10.6 Å². The number of nitrogens with zero attached hydrogens (tertiary/aromatic N) is 1. The number of amides is 2. The number of hydrogen-bond acceptors (Lipinski definition) is 5. The van der Waals surface area contributed by atoms with Gasteiger partial charge in [0.05, 0.1) is 20.5 Å². The Labute approximate surface area is 228 Å². The fraction of sp³-hybridized carbons (Fsp3) is 0.667. The molecule has 0 aromatic carbocycles. The summed E-state index contributed by atoms with van der Waals surface area (Å²) in [5.41, 5.74) is -3.94. The zero-order chi connectivity index (χ0) is 26.7. The zero-order valence-corrected chi connectivity index (χ0v) is 24.7. The number of carbonyl (C=O) groups is 4. The van der Waals surface area contributed by atoms with Crippen molar-refractivity contribution >= 4 is 66.9 Å². The SMILES string of the molecule is CC12CCC(C(=O)Nc3cccc(NC(=O)C45CCC(C)(C(=O)C4Br)C5(C)C)n3)(C(Br)C1=O)C2(C)C. The maximum atomic E-state index is 13.7. The van der Waals surface area contributed by atoms with Crippen LogP contribution in [0, 0.1) is 32.5 Å². The molecule has 0 spiro atoms. The number of rotatable bonds is 4. The van der Waals surface area contributed by atoms with Crippen molar-refractivity contribution in [2.24, 2.45) is 32.5 Å². The molecule has 1 aromatic rings. The predicted octanol–water partition coefficient (Wildman–Crippen LogP) is 5.28. The highest BCUT2D eigenvalue weighted by molar-refractivity contribution is 9.10. The number of nitrogens with one attached hydrogen (secondary N) is 2. The summed E-state index contributed by atoms with van der Waals surface area (Å²) in [4.78, 5) is 56.8. The van der Waals surface area contributed by atoms with Gasteiger partial charge in [-0.3, -0.25) is 19.2 Å². The second-order valence-corrected chi connectivity index (χ2v) is 14.5. The lowest BCUT2D eigenvalue weighted by atomic mass is 9.64. The smallest absolute Gasteiger partial charge is 0.233 e. The van der Waals surface area contributed by atoms with Crippen molar-refractivity contribution in [3.63, 3.8) is 0 Å². The standard InChI is InChI=1S/C27H33Br2N3O4/c1-22(2)24(5)10-12-26(22,16(28)18(24)33)20(35)31-14-8-7-9-15(30-14)32-21(36)27-13-11-25(6,23(27,3)4)19(34)17(27)29/h7-9,16-17H,10-13H2,1-6H3,(H2,30,31,32,35,36). The van der Waals surface area contributed by atoms with E-state index in [0.717, 1.165) is 0 Å². The molecule has 6 unspecified atom stereocenters. The van der Waals surface area contributed by atoms with E-state index in [1.165, 1.54) is 0 Å². The number of alkyl halides is 2. The van der Waals surface area contributed by atoms with Gasteiger partial charge in [0.15, 0.2) is 11.6 Å². The third kappa shape index (κ3) is 2.62. The summed E-state index contributed by atoms with van der Waals surface area (Å²) in [7, 11) is 0. The van der Waals surface area contributed by atoms with Gasteiger partial charge in [0.25, 0.3) is 0 Å². The molecule has 4 aliphatic carbocycles. The third-order valence-corrected chi connectivity index (χ3v) is 13.9. The maximum Gasteiger partial charge on any atom is 0.233 e. The fourth-order valence-corrected chi connectivity index (χ4v) is 11.0. The van der Waals surface area contributed by atoms with Crippen LogP contribution in [0.3, 0.4) is 0 Å². The minimum absolute atomic E-state index is 0.0729. The van der Waals surface area contributed by atoms with E-state index in [2.05, 4.69) is 47.5 Å². The van der Waals surface area contributed by atoms with Crippen molar-refractivity contribution in [2.45, 2.75) is 76.9 Å². The summed E-state index contributed by atoms with van der Waals surface area (Å²) in [6.07, 6.45) is 2.55. The molecule has 1 heterocycles. The van der Waals surface area contributed by atoms with Crippen LogP contribution in [-0.4, -0.2) is 38.0 Å². The summed E-state index contributed by atoms with van der Waals surface area (Å²) in [6.45, 7) is 11.9. The highest BCUT2D eigenvalue weighted by Crippen LogP contribution is 2.73. The summed E-state index contributed by atoms with van der Waals surface area (Å²) >= 11 is 7.10. The molecular formula is C27H33Br2N3O4. The second kappa shape index (κ2) is 7.49. The van der Waals surface area contributed by atoms with Crippen LogP contribution >= 0.6 is 31.9 Å². The molecule has 7 nitrogen and oxygen atoms in total. The Morgan fingerprint density at radius 1 is 0.750 bits per heavy atom. The molecule has 1 aromatic heterocycles. The molecule has 2 amide bonds. The highest BCUT2D eigenvalue weighted by atomic mass is 79.9. The number of pyridine rings is 1. The van der Waals surface area contributed by atoms with Gasteiger partial charge in [-0.15, -0.1) is 0 Å². The van der Waals surface area contributed by atoms with Gasteiger partial charge in [0.1, 0.15) is 11.6 Å². The number of ketones is 2. The first-order chi connectivity index (χ1) is 16.5. The van der Waals surface area contributed by atoms with Crippen LogP contribution < -0.4 is 10.6 Å². The Kier molecular flexibility index (Phi) is 5.41. The Hall–Kier alpha value is -1.61. The van der Waals surface area contributed by atoms with Crippen LogP contribution in [0.5, 0.6) is 0 Å². The van der Waals surface area contributed by atoms with E-state index in [-0.39, 0.29) is 23.4 Å². The molecule has 2 N–H and O–H groups in total. The van der Waals surface area contributed by atoms with E-state index in [4.69, 9.17) is 0 Å². The Morgan fingerprint density at radius 2 is 1.11 bits per heavy atom. The molecule has 4 bridgehead atoms. The van der Waals surface area contributed by atoms with Crippen LogP contribution in [0.1, 0.15) is 67.2 Å². The van der Waals surface area contributed by atoms with Crippen LogP contribution in [0.25, 0.3) is 0 Å². The third-order valence-electron chi connectivity index (χ3n) is 11.5. The monoisotopic (exact) mass is 621 g/mol. The Morgan fingerprint density at radius 3 is 1.42 bits per heavy atom. The Balaban J connectivity index is 1.39. The van der Waals surface area contributed by atoms with Crippen molar-refractivity contribution in [1.82, 2.24) is 4.98 Å². The Bertz CT molecular complexity index is 1140. The van der Waals surface area contributed by atoms with Crippen molar-refractivity contribution < 1.29 is 19.2 Å². The van der Waals surface area contributed by atoms with E-state index in [9.17, 15) is 19.2 Å². The zero-order valence-electron chi connectivity index (χ0n) is 21.6. The lowest BCUT2D eigenvalue weighted by Crippen LogP contribution is -2.48. The summed E-state index contributed by atoms with van der Waals surface area (Å²) in [6, 6.07) is 5.07. The van der Waals surface area contributed by atoms with E-state index >= 15 is 0 Å². The van der Waals surface area contributed by atoms with Gasteiger partial charge in [-0.25, -0.2) is 4.98 Å². The number of halogens is 2. The molecular weight excluding hydrogens is 590 g/mol. The minimum atomic E-state index is -0.884. The molecule has 0 saturated heterocycles. The van der Waals surface area contributed by atoms with Gasteiger partial charge >= 0.3 is 0 Å². The van der Waals surface area contributed by atoms with Crippen molar-refractivity contribution in [3.05, 3.63) is 18.2 Å². The first-order valence-electron chi connectivity index (χ1n) is 12.5. The molecule has 4 saturated carbocycles. The van der Waals surface area contributed by atoms with E-state index < -0.39 is 42.1 Å². The lowest BCUT2D eigenvalue weighted by Gasteiger charge is -2.39. The van der Waals surface area contributed by atoms with E-state index in [1.54, 1.807) is 18.2 Å². The van der Waals surface area contributed by atoms with E-state index in [0.29, 0.717) is 37.3 Å². The average molecular weight is 623 g/mol. The minimum Gasteiger partial charge on any atom is -0.310 e. The normalized spacial score (nSPS) is 41.6. The topological polar surface area (TPSA) is 105 Å². The quantitative estimate of drug-likeness (QED) is 0.445. The fourth-order valence-electron chi connectivity index (χ4n) is 7.94. The number of fused-ring (bicyclic) bond motifs is 4. The largest absolute Gasteiger partial charge is 0.310 e. The van der Waals surface area contributed by atoms with Gasteiger partial charge in [-0.1, -0.05) is 79.5 Å². The van der Waals surface area contributed by atoms with Crippen LogP contribution in [0.4, 0.5) is 11.6 Å². The van der Waals surface area contributed by atoms with Crippen molar-refractivity contribution in [3.8, 4) is 0 Å². The molecule has 4 fully saturated rings. The molecule has 194 valence electrons. The number of carbonyl (C=O) groups excluding carboxylic acids is 4. The molecule has 0 aliphatic heterocycles. The van der Waals surface area contributed by atoms with Gasteiger partial charge in [0.2, 0.25) is 11.8 Å². The first-order valence-corrected chi connectivity index (χ1v) is 14.3. The van der Waals surface area contributed by atoms with Gasteiger partial charge in [-0.05, 0) is 48.6 Å². The number of hydrogen-bond donors (Lipinski definition) is 2. The molecule has 36 heavy (non-hydrogen) atoms. The van der Waals surface area contributed by atoms with Gasteiger partial charge < -0.3 is 10.6 Å². The first kappa shape index (κ1) is 26.0. The van der Waals surface area contributed by atoms with Crippen LogP contribution in [0.2, 0.25) is 0 Å². The second-order valence-electron chi connectivity index (χ2n) is 12.6. The average Bonchev–Trinajstić information content (AvgIpc) is 3.24. The van der Waals surface area contributed by atoms with Crippen LogP contribution in [0.15, 0.2) is 18.2 Å². The molecule has 0 radical (unpaired) electrons. The number of anilines is 2. The number of aromatic nitrogens is 1. The van der Waals surface area contributed by atoms with Gasteiger partial charge in [-0.2, -0.15) is 0 Å². The van der Waals surface area contributed by atoms with E-state index in [1.807, 2.05) is 41.5 Å². The molecule has 5 rings (SSSR count). The highest BCUT2D eigenvalue weighted by Gasteiger charge is 2.78. The molecule has 4 aliphatic rings.